The maximum absolute atomic E-state index is 12.1. The Kier molecular flexibility index (Phi) is 4.97. The fraction of sp³-hybridized carbons (Fsp3) is 0.923. The molecular formula is C13H25N3O2. The van der Waals surface area contributed by atoms with Crippen molar-refractivity contribution in [2.45, 2.75) is 18.9 Å². The van der Waals surface area contributed by atoms with E-state index in [-0.39, 0.29) is 12.0 Å². The molecule has 0 aromatic carbocycles. The predicted octanol–water partition coefficient (Wildman–Crippen LogP) is -0.225. The molecule has 2 saturated heterocycles. The Bertz CT molecular complexity index is 271. The molecule has 0 bridgehead atoms. The first-order chi connectivity index (χ1) is 8.72. The van der Waals surface area contributed by atoms with E-state index in [2.05, 4.69) is 22.2 Å². The van der Waals surface area contributed by atoms with E-state index in [4.69, 9.17) is 4.74 Å². The van der Waals surface area contributed by atoms with Gasteiger partial charge in [0, 0.05) is 26.2 Å². The number of piperidine rings is 1. The first-order valence-electron chi connectivity index (χ1n) is 6.93. The van der Waals surface area contributed by atoms with Crippen LogP contribution in [-0.4, -0.2) is 75.2 Å². The summed E-state index contributed by atoms with van der Waals surface area (Å²) >= 11 is 0. The summed E-state index contributed by atoms with van der Waals surface area (Å²) in [6, 6.07) is -0.0363. The van der Waals surface area contributed by atoms with Gasteiger partial charge in [-0.05, 0) is 38.9 Å². The number of nitrogens with one attached hydrogen (secondary N) is 1. The summed E-state index contributed by atoms with van der Waals surface area (Å²) in [5, 5.41) is 3.33. The first kappa shape index (κ1) is 13.8. The zero-order valence-electron chi connectivity index (χ0n) is 11.5. The molecule has 0 aromatic rings. The van der Waals surface area contributed by atoms with Crippen LogP contribution in [0.15, 0.2) is 0 Å². The SMILES string of the molecule is COC(=O)C(C1CCN(C)CC1)N1CCNCC1. The van der Waals surface area contributed by atoms with Crippen molar-refractivity contribution in [1.29, 1.82) is 0 Å². The number of piperazine rings is 1. The highest BCUT2D eigenvalue weighted by Crippen LogP contribution is 2.24. The summed E-state index contributed by atoms with van der Waals surface area (Å²) in [7, 11) is 3.65. The Morgan fingerprint density at radius 2 is 1.83 bits per heavy atom. The van der Waals surface area contributed by atoms with Crippen molar-refractivity contribution in [1.82, 2.24) is 15.1 Å². The number of carbonyl (C=O) groups is 1. The highest BCUT2D eigenvalue weighted by molar-refractivity contribution is 5.76. The van der Waals surface area contributed by atoms with Gasteiger partial charge in [-0.3, -0.25) is 9.69 Å². The quantitative estimate of drug-likeness (QED) is 0.706. The molecule has 2 aliphatic heterocycles. The zero-order valence-corrected chi connectivity index (χ0v) is 11.5. The van der Waals surface area contributed by atoms with Crippen molar-refractivity contribution in [3.63, 3.8) is 0 Å². The van der Waals surface area contributed by atoms with Gasteiger partial charge in [-0.2, -0.15) is 0 Å². The maximum atomic E-state index is 12.1. The molecule has 1 N–H and O–H groups in total. The number of esters is 1. The minimum Gasteiger partial charge on any atom is -0.468 e. The number of likely N-dealkylation sites (tertiary alicyclic amines) is 1. The van der Waals surface area contributed by atoms with Crippen molar-refractivity contribution in [2.24, 2.45) is 5.92 Å². The summed E-state index contributed by atoms with van der Waals surface area (Å²) in [5.74, 6) is 0.401. The summed E-state index contributed by atoms with van der Waals surface area (Å²) < 4.78 is 5.03. The minimum atomic E-state index is -0.0496. The van der Waals surface area contributed by atoms with Gasteiger partial charge >= 0.3 is 5.97 Å². The fourth-order valence-electron chi connectivity index (χ4n) is 3.07. The molecule has 104 valence electrons. The molecule has 0 radical (unpaired) electrons. The molecule has 0 aliphatic carbocycles. The molecule has 0 amide bonds. The van der Waals surface area contributed by atoms with Crippen molar-refractivity contribution in [2.75, 3.05) is 53.4 Å². The number of rotatable bonds is 3. The lowest BCUT2D eigenvalue weighted by atomic mass is 9.88. The topological polar surface area (TPSA) is 44.8 Å². The van der Waals surface area contributed by atoms with E-state index in [0.717, 1.165) is 52.1 Å². The number of nitrogens with zero attached hydrogens (tertiary/aromatic N) is 2. The monoisotopic (exact) mass is 255 g/mol. The van der Waals surface area contributed by atoms with Crippen LogP contribution in [0.25, 0.3) is 0 Å². The van der Waals surface area contributed by atoms with Gasteiger partial charge in [0.05, 0.1) is 7.11 Å². The Hall–Kier alpha value is -0.650. The van der Waals surface area contributed by atoms with E-state index < -0.39 is 0 Å². The number of ether oxygens (including phenoxy) is 1. The Morgan fingerprint density at radius 1 is 1.22 bits per heavy atom. The largest absolute Gasteiger partial charge is 0.468 e. The number of methoxy groups -OCH3 is 1. The molecule has 1 atom stereocenters. The van der Waals surface area contributed by atoms with Crippen LogP contribution in [0.4, 0.5) is 0 Å². The lowest BCUT2D eigenvalue weighted by molar-refractivity contribution is -0.150. The molecule has 2 aliphatic rings. The molecule has 18 heavy (non-hydrogen) atoms. The second kappa shape index (κ2) is 6.50. The average molecular weight is 255 g/mol. The van der Waals surface area contributed by atoms with Gasteiger partial charge in [0.2, 0.25) is 0 Å². The van der Waals surface area contributed by atoms with E-state index in [1.54, 1.807) is 0 Å². The smallest absolute Gasteiger partial charge is 0.323 e. The van der Waals surface area contributed by atoms with E-state index in [1.165, 1.54) is 7.11 Å². The van der Waals surface area contributed by atoms with E-state index in [9.17, 15) is 4.79 Å². The molecule has 1 unspecified atom stereocenters. The number of hydrogen-bond acceptors (Lipinski definition) is 5. The van der Waals surface area contributed by atoms with Gasteiger partial charge in [0.1, 0.15) is 6.04 Å². The molecule has 5 heteroatoms. The van der Waals surface area contributed by atoms with Crippen LogP contribution in [0.2, 0.25) is 0 Å². The van der Waals surface area contributed by atoms with Gasteiger partial charge in [-0.1, -0.05) is 0 Å². The molecule has 0 saturated carbocycles. The van der Waals surface area contributed by atoms with Crippen LogP contribution in [0.3, 0.4) is 0 Å². The molecule has 0 spiro atoms. The third-order valence-corrected chi connectivity index (χ3v) is 4.20. The standard InChI is InChI=1S/C13H25N3O2/c1-15-7-3-11(4-8-15)12(13(17)18-2)16-9-5-14-6-10-16/h11-12,14H,3-10H2,1-2H3. The van der Waals surface area contributed by atoms with Crippen LogP contribution in [0, 0.1) is 5.92 Å². The normalized spacial score (nSPS) is 25.9. The zero-order chi connectivity index (χ0) is 13.0. The van der Waals surface area contributed by atoms with Crippen molar-refractivity contribution in [3.8, 4) is 0 Å². The Morgan fingerprint density at radius 3 is 2.39 bits per heavy atom. The third kappa shape index (κ3) is 3.22. The molecule has 2 heterocycles. The fourth-order valence-corrected chi connectivity index (χ4v) is 3.07. The molecule has 5 nitrogen and oxygen atoms in total. The number of hydrogen-bond donors (Lipinski definition) is 1. The highest BCUT2D eigenvalue weighted by atomic mass is 16.5. The minimum absolute atomic E-state index is 0.0363. The van der Waals surface area contributed by atoms with Crippen molar-refractivity contribution >= 4 is 5.97 Å². The van der Waals surface area contributed by atoms with Crippen molar-refractivity contribution < 1.29 is 9.53 Å². The van der Waals surface area contributed by atoms with Gasteiger partial charge in [0.25, 0.3) is 0 Å². The van der Waals surface area contributed by atoms with Crippen LogP contribution in [-0.2, 0) is 9.53 Å². The highest BCUT2D eigenvalue weighted by Gasteiger charge is 2.36. The van der Waals surface area contributed by atoms with E-state index in [0.29, 0.717) is 5.92 Å². The van der Waals surface area contributed by atoms with Gasteiger partial charge in [-0.25, -0.2) is 0 Å². The first-order valence-corrected chi connectivity index (χ1v) is 6.93. The van der Waals surface area contributed by atoms with Crippen LogP contribution >= 0.6 is 0 Å². The van der Waals surface area contributed by atoms with E-state index in [1.807, 2.05) is 0 Å². The Balaban J connectivity index is 2.01. The van der Waals surface area contributed by atoms with Crippen LogP contribution in [0.5, 0.6) is 0 Å². The number of carbonyl (C=O) groups excluding carboxylic acids is 1. The van der Waals surface area contributed by atoms with E-state index >= 15 is 0 Å². The molecular weight excluding hydrogens is 230 g/mol. The summed E-state index contributed by atoms with van der Waals surface area (Å²) in [6.45, 7) is 6.02. The summed E-state index contributed by atoms with van der Waals surface area (Å²) in [4.78, 5) is 16.7. The summed E-state index contributed by atoms with van der Waals surface area (Å²) in [5.41, 5.74) is 0. The second-order valence-electron chi connectivity index (χ2n) is 5.39. The van der Waals surface area contributed by atoms with Gasteiger partial charge in [-0.15, -0.1) is 0 Å². The van der Waals surface area contributed by atoms with Crippen molar-refractivity contribution in [3.05, 3.63) is 0 Å². The van der Waals surface area contributed by atoms with Gasteiger partial charge < -0.3 is 15.0 Å². The predicted molar refractivity (Wildman–Crippen MR) is 70.5 cm³/mol. The molecule has 0 aromatic heterocycles. The molecule has 2 rings (SSSR count). The summed E-state index contributed by atoms with van der Waals surface area (Å²) in [6.07, 6.45) is 2.19. The molecule has 2 fully saturated rings. The lowest BCUT2D eigenvalue weighted by Gasteiger charge is -2.40. The third-order valence-electron chi connectivity index (χ3n) is 4.20. The van der Waals surface area contributed by atoms with Gasteiger partial charge in [0.15, 0.2) is 0 Å². The maximum Gasteiger partial charge on any atom is 0.323 e. The Labute approximate surface area is 109 Å². The second-order valence-corrected chi connectivity index (χ2v) is 5.39. The average Bonchev–Trinajstić information content (AvgIpc) is 2.42. The van der Waals surface area contributed by atoms with Crippen LogP contribution in [0.1, 0.15) is 12.8 Å². The lowest BCUT2D eigenvalue weighted by Crippen LogP contribution is -2.55. The van der Waals surface area contributed by atoms with Crippen LogP contribution < -0.4 is 5.32 Å².